The molecule has 1 aromatic carbocycles. The molecule has 0 fully saturated rings. The molecule has 0 atom stereocenters. The van der Waals surface area contributed by atoms with Crippen molar-refractivity contribution in [3.05, 3.63) is 36.2 Å². The lowest BCUT2D eigenvalue weighted by Gasteiger charge is -2.06. The highest BCUT2D eigenvalue weighted by atomic mass is 16.3. The summed E-state index contributed by atoms with van der Waals surface area (Å²) in [4.78, 5) is 4.04. The monoisotopic (exact) mass is 201 g/mol. The number of fused-ring (bicyclic) bond motifs is 1. The number of aryl methyl sites for hydroxylation is 1. The van der Waals surface area contributed by atoms with E-state index < -0.39 is 0 Å². The molecule has 0 bridgehead atoms. The lowest BCUT2D eigenvalue weighted by Crippen LogP contribution is -1.88. The van der Waals surface area contributed by atoms with Crippen molar-refractivity contribution < 1.29 is 5.11 Å². The molecular weight excluding hydrogens is 186 g/mol. The molecule has 15 heavy (non-hydrogen) atoms. The summed E-state index contributed by atoms with van der Waals surface area (Å²) < 4.78 is 0. The van der Waals surface area contributed by atoms with Crippen LogP contribution in [0, 0.1) is 0 Å². The topological polar surface area (TPSA) is 33.1 Å². The Bertz CT molecular complexity index is 465. The SMILES string of the molecule is CCCCc1ccc(O)c2cnccc12. The smallest absolute Gasteiger partial charge is 0.124 e. The molecular formula is C13H15NO. The standard InChI is InChI=1S/C13H15NO/c1-2-3-4-10-5-6-13(15)12-9-14-8-7-11(10)12/h5-9,15H,2-4H2,1H3. The summed E-state index contributed by atoms with van der Waals surface area (Å²) in [7, 11) is 0. The molecule has 0 unspecified atom stereocenters. The van der Waals surface area contributed by atoms with E-state index in [-0.39, 0.29) is 0 Å². The Morgan fingerprint density at radius 1 is 1.20 bits per heavy atom. The van der Waals surface area contributed by atoms with E-state index in [9.17, 15) is 5.11 Å². The molecule has 0 aliphatic heterocycles. The maximum atomic E-state index is 9.68. The summed E-state index contributed by atoms with van der Waals surface area (Å²) in [5, 5.41) is 11.7. The van der Waals surface area contributed by atoms with Crippen LogP contribution < -0.4 is 0 Å². The van der Waals surface area contributed by atoms with Crippen molar-refractivity contribution in [2.75, 3.05) is 0 Å². The van der Waals surface area contributed by atoms with Crippen molar-refractivity contribution in [3.8, 4) is 5.75 Å². The normalized spacial score (nSPS) is 10.7. The van der Waals surface area contributed by atoms with E-state index in [4.69, 9.17) is 0 Å². The molecule has 1 aromatic heterocycles. The van der Waals surface area contributed by atoms with E-state index in [1.165, 1.54) is 18.4 Å². The van der Waals surface area contributed by atoms with Gasteiger partial charge in [-0.15, -0.1) is 0 Å². The summed E-state index contributed by atoms with van der Waals surface area (Å²) in [6, 6.07) is 5.74. The lowest BCUT2D eigenvalue weighted by molar-refractivity contribution is 0.481. The predicted octanol–water partition coefficient (Wildman–Crippen LogP) is 3.28. The van der Waals surface area contributed by atoms with Gasteiger partial charge in [-0.2, -0.15) is 0 Å². The van der Waals surface area contributed by atoms with Crippen LogP contribution in [0.1, 0.15) is 25.3 Å². The molecule has 0 aliphatic rings. The molecule has 2 rings (SSSR count). The first-order valence-electron chi connectivity index (χ1n) is 5.37. The number of nitrogens with zero attached hydrogens (tertiary/aromatic N) is 1. The number of aromatic nitrogens is 1. The molecule has 0 spiro atoms. The number of unbranched alkanes of at least 4 members (excludes halogenated alkanes) is 1. The molecule has 2 aromatic rings. The van der Waals surface area contributed by atoms with E-state index in [1.54, 1.807) is 18.5 Å². The van der Waals surface area contributed by atoms with E-state index >= 15 is 0 Å². The second kappa shape index (κ2) is 4.30. The maximum absolute atomic E-state index is 9.68. The summed E-state index contributed by atoms with van der Waals surface area (Å²) in [5.74, 6) is 0.318. The van der Waals surface area contributed by atoms with E-state index in [0.717, 1.165) is 17.2 Å². The molecule has 0 amide bonds. The third-order valence-corrected chi connectivity index (χ3v) is 2.69. The number of hydrogen-bond acceptors (Lipinski definition) is 2. The van der Waals surface area contributed by atoms with Crippen molar-refractivity contribution in [2.45, 2.75) is 26.2 Å². The third kappa shape index (κ3) is 1.94. The number of rotatable bonds is 3. The molecule has 0 radical (unpaired) electrons. The van der Waals surface area contributed by atoms with Gasteiger partial charge >= 0.3 is 0 Å². The van der Waals surface area contributed by atoms with Crippen LogP contribution in [0.2, 0.25) is 0 Å². The lowest BCUT2D eigenvalue weighted by atomic mass is 10.0. The van der Waals surface area contributed by atoms with Crippen LogP contribution in [-0.2, 0) is 6.42 Å². The summed E-state index contributed by atoms with van der Waals surface area (Å²) in [6.07, 6.45) is 6.93. The Balaban J connectivity index is 2.51. The number of pyridine rings is 1. The largest absolute Gasteiger partial charge is 0.507 e. The molecule has 1 heterocycles. The van der Waals surface area contributed by atoms with E-state index in [0.29, 0.717) is 5.75 Å². The zero-order valence-electron chi connectivity index (χ0n) is 8.90. The molecule has 2 nitrogen and oxygen atoms in total. The Morgan fingerprint density at radius 2 is 2.07 bits per heavy atom. The number of phenols is 1. The van der Waals surface area contributed by atoms with Gasteiger partial charge in [0.05, 0.1) is 0 Å². The van der Waals surface area contributed by atoms with Crippen LogP contribution in [0.3, 0.4) is 0 Å². The number of phenolic OH excluding ortho intramolecular Hbond substituents is 1. The fourth-order valence-corrected chi connectivity index (χ4v) is 1.82. The van der Waals surface area contributed by atoms with Crippen molar-refractivity contribution in [3.63, 3.8) is 0 Å². The predicted molar refractivity (Wildman–Crippen MR) is 62.0 cm³/mol. The highest BCUT2D eigenvalue weighted by molar-refractivity contribution is 5.89. The van der Waals surface area contributed by atoms with Gasteiger partial charge in [-0.1, -0.05) is 19.4 Å². The van der Waals surface area contributed by atoms with Gasteiger partial charge in [0.15, 0.2) is 0 Å². The average molecular weight is 201 g/mol. The number of hydrogen-bond donors (Lipinski definition) is 1. The van der Waals surface area contributed by atoms with Crippen molar-refractivity contribution in [2.24, 2.45) is 0 Å². The molecule has 0 saturated carbocycles. The first-order valence-corrected chi connectivity index (χ1v) is 5.37. The first-order chi connectivity index (χ1) is 7.33. The van der Waals surface area contributed by atoms with Crippen LogP contribution >= 0.6 is 0 Å². The van der Waals surface area contributed by atoms with Crippen molar-refractivity contribution >= 4 is 10.8 Å². The van der Waals surface area contributed by atoms with Gasteiger partial charge in [0, 0.05) is 17.8 Å². The van der Waals surface area contributed by atoms with Crippen LogP contribution in [-0.4, -0.2) is 10.1 Å². The Labute approximate surface area is 89.6 Å². The van der Waals surface area contributed by atoms with Gasteiger partial charge in [-0.25, -0.2) is 0 Å². The van der Waals surface area contributed by atoms with Crippen LogP contribution in [0.15, 0.2) is 30.6 Å². The molecule has 78 valence electrons. The van der Waals surface area contributed by atoms with Crippen molar-refractivity contribution in [1.29, 1.82) is 0 Å². The quantitative estimate of drug-likeness (QED) is 0.826. The Morgan fingerprint density at radius 3 is 2.87 bits per heavy atom. The zero-order valence-corrected chi connectivity index (χ0v) is 8.90. The minimum atomic E-state index is 0.318. The molecule has 1 N–H and O–H groups in total. The van der Waals surface area contributed by atoms with Gasteiger partial charge in [0.2, 0.25) is 0 Å². The summed E-state index contributed by atoms with van der Waals surface area (Å²) in [5.41, 5.74) is 1.30. The fourth-order valence-electron chi connectivity index (χ4n) is 1.82. The minimum Gasteiger partial charge on any atom is -0.507 e. The summed E-state index contributed by atoms with van der Waals surface area (Å²) in [6.45, 7) is 2.18. The van der Waals surface area contributed by atoms with Gasteiger partial charge < -0.3 is 5.11 Å². The van der Waals surface area contributed by atoms with E-state index in [1.807, 2.05) is 12.1 Å². The van der Waals surface area contributed by atoms with Crippen molar-refractivity contribution in [1.82, 2.24) is 4.98 Å². The van der Waals surface area contributed by atoms with Crippen LogP contribution in [0.4, 0.5) is 0 Å². The van der Waals surface area contributed by atoms with Gasteiger partial charge in [-0.05, 0) is 35.9 Å². The summed E-state index contributed by atoms with van der Waals surface area (Å²) >= 11 is 0. The van der Waals surface area contributed by atoms with Gasteiger partial charge in [0.1, 0.15) is 5.75 Å². The third-order valence-electron chi connectivity index (χ3n) is 2.69. The second-order valence-electron chi connectivity index (χ2n) is 3.77. The highest BCUT2D eigenvalue weighted by Crippen LogP contribution is 2.27. The van der Waals surface area contributed by atoms with E-state index in [2.05, 4.69) is 11.9 Å². The maximum Gasteiger partial charge on any atom is 0.124 e. The molecule has 0 saturated heterocycles. The highest BCUT2D eigenvalue weighted by Gasteiger charge is 2.04. The number of aromatic hydroxyl groups is 1. The fraction of sp³-hybridized carbons (Fsp3) is 0.308. The van der Waals surface area contributed by atoms with Gasteiger partial charge in [0.25, 0.3) is 0 Å². The Hall–Kier alpha value is -1.57. The van der Waals surface area contributed by atoms with Gasteiger partial charge in [-0.3, -0.25) is 4.98 Å². The first kappa shape index (κ1) is 9.97. The van der Waals surface area contributed by atoms with Crippen LogP contribution in [0.5, 0.6) is 5.75 Å². The molecule has 2 heteroatoms. The average Bonchev–Trinajstić information content (AvgIpc) is 2.29. The molecule has 0 aliphatic carbocycles. The Kier molecular flexibility index (Phi) is 2.86. The second-order valence-corrected chi connectivity index (χ2v) is 3.77. The number of benzene rings is 1. The van der Waals surface area contributed by atoms with Crippen LogP contribution in [0.25, 0.3) is 10.8 Å². The zero-order chi connectivity index (χ0) is 10.7. The minimum absolute atomic E-state index is 0.318.